The van der Waals surface area contributed by atoms with E-state index < -0.39 is 0 Å². The van der Waals surface area contributed by atoms with E-state index in [9.17, 15) is 9.18 Å². The van der Waals surface area contributed by atoms with Gasteiger partial charge in [-0.3, -0.25) is 9.69 Å². The van der Waals surface area contributed by atoms with Gasteiger partial charge >= 0.3 is 0 Å². The van der Waals surface area contributed by atoms with Crippen LogP contribution in [0.15, 0.2) is 48.5 Å². The summed E-state index contributed by atoms with van der Waals surface area (Å²) in [6, 6.07) is 14.2. The van der Waals surface area contributed by atoms with Gasteiger partial charge in [0.25, 0.3) is 5.91 Å². The summed E-state index contributed by atoms with van der Waals surface area (Å²) in [6.45, 7) is 5.53. The Labute approximate surface area is 175 Å². The van der Waals surface area contributed by atoms with Crippen LogP contribution in [0.4, 0.5) is 15.9 Å². The van der Waals surface area contributed by atoms with Crippen LogP contribution in [0.5, 0.6) is 0 Å². The monoisotopic (exact) mass is 404 g/mol. The lowest BCUT2D eigenvalue weighted by atomic mass is 10.0. The third kappa shape index (κ3) is 3.16. The van der Waals surface area contributed by atoms with E-state index in [1.165, 1.54) is 30.7 Å². The predicted molar refractivity (Wildman–Crippen MR) is 117 cm³/mol. The van der Waals surface area contributed by atoms with E-state index in [2.05, 4.69) is 23.1 Å². The third-order valence-electron chi connectivity index (χ3n) is 6.06. The number of hydrogen-bond acceptors (Lipinski definition) is 3. The molecule has 3 aromatic rings. The highest BCUT2D eigenvalue weighted by Crippen LogP contribution is 2.42. The topological polar surface area (TPSA) is 41.4 Å². The van der Waals surface area contributed by atoms with Crippen molar-refractivity contribution in [2.45, 2.75) is 32.7 Å². The summed E-state index contributed by atoms with van der Waals surface area (Å²) in [5, 5.41) is 4.78. The van der Waals surface area contributed by atoms with Crippen molar-refractivity contribution in [3.63, 3.8) is 0 Å². The van der Waals surface area contributed by atoms with Crippen molar-refractivity contribution in [3.05, 3.63) is 65.6 Å². The molecule has 2 aliphatic heterocycles. The number of hydrogen-bond donors (Lipinski definition) is 0. The Kier molecular flexibility index (Phi) is 4.77. The van der Waals surface area contributed by atoms with Crippen molar-refractivity contribution in [2.24, 2.45) is 0 Å². The highest BCUT2D eigenvalue weighted by Gasteiger charge is 2.31. The first-order chi connectivity index (χ1) is 14.6. The fourth-order valence-electron chi connectivity index (χ4n) is 4.66. The number of carbonyl (C=O) groups excluding carboxylic acids is 1. The average molecular weight is 404 g/mol. The molecule has 3 heterocycles. The van der Waals surface area contributed by atoms with Crippen molar-refractivity contribution in [3.8, 4) is 11.1 Å². The maximum atomic E-state index is 13.4. The maximum Gasteiger partial charge on any atom is 0.259 e. The molecule has 0 radical (unpaired) electrons. The van der Waals surface area contributed by atoms with E-state index in [4.69, 9.17) is 5.10 Å². The van der Waals surface area contributed by atoms with E-state index >= 15 is 0 Å². The number of fused-ring (bicyclic) bond motifs is 1. The van der Waals surface area contributed by atoms with E-state index in [-0.39, 0.29) is 11.7 Å². The van der Waals surface area contributed by atoms with E-state index in [0.717, 1.165) is 48.7 Å². The number of anilines is 2. The molecule has 0 aliphatic carbocycles. The molecule has 0 bridgehead atoms. The molecule has 0 saturated carbocycles. The van der Waals surface area contributed by atoms with Gasteiger partial charge in [-0.1, -0.05) is 18.2 Å². The van der Waals surface area contributed by atoms with E-state index in [1.807, 2.05) is 22.6 Å². The smallest absolute Gasteiger partial charge is 0.259 e. The molecule has 1 aromatic heterocycles. The SMILES string of the molecule is Cc1nn2c(c1-c1ccccc1N1CCCC1)N(C(=O)c1ccc(F)cc1)CCC2. The molecular weight excluding hydrogens is 379 g/mol. The zero-order valence-electron chi connectivity index (χ0n) is 17.1. The largest absolute Gasteiger partial charge is 0.371 e. The zero-order valence-corrected chi connectivity index (χ0v) is 17.1. The van der Waals surface area contributed by atoms with Crippen LogP contribution in [0.25, 0.3) is 11.1 Å². The molecule has 2 aliphatic rings. The summed E-state index contributed by atoms with van der Waals surface area (Å²) in [5.74, 6) is 0.391. The molecule has 2 aromatic carbocycles. The normalized spacial score (nSPS) is 16.1. The molecule has 30 heavy (non-hydrogen) atoms. The number of nitrogens with zero attached hydrogens (tertiary/aromatic N) is 4. The Bertz CT molecular complexity index is 1080. The fourth-order valence-corrected chi connectivity index (χ4v) is 4.66. The van der Waals surface area contributed by atoms with Crippen LogP contribution < -0.4 is 9.80 Å². The quantitative estimate of drug-likeness (QED) is 0.638. The average Bonchev–Trinajstić information content (AvgIpc) is 3.41. The Hall–Kier alpha value is -3.15. The Balaban J connectivity index is 1.62. The van der Waals surface area contributed by atoms with Gasteiger partial charge in [-0.25, -0.2) is 9.07 Å². The zero-order chi connectivity index (χ0) is 20.7. The van der Waals surface area contributed by atoms with Crippen LogP contribution in [0.3, 0.4) is 0 Å². The van der Waals surface area contributed by atoms with Gasteiger partial charge in [0.1, 0.15) is 11.6 Å². The molecule has 1 saturated heterocycles. The number of halogens is 1. The highest BCUT2D eigenvalue weighted by atomic mass is 19.1. The second-order valence-corrected chi connectivity index (χ2v) is 8.04. The first-order valence-electron chi connectivity index (χ1n) is 10.6. The van der Waals surface area contributed by atoms with Gasteiger partial charge in [-0.15, -0.1) is 0 Å². The minimum Gasteiger partial charge on any atom is -0.371 e. The van der Waals surface area contributed by atoms with Gasteiger partial charge in [-0.2, -0.15) is 5.10 Å². The number of para-hydroxylation sites is 1. The van der Waals surface area contributed by atoms with Crippen molar-refractivity contribution in [2.75, 3.05) is 29.4 Å². The van der Waals surface area contributed by atoms with Gasteiger partial charge in [0.05, 0.1) is 5.69 Å². The number of carbonyl (C=O) groups is 1. The van der Waals surface area contributed by atoms with Crippen LogP contribution in [-0.2, 0) is 6.54 Å². The minimum absolute atomic E-state index is 0.115. The van der Waals surface area contributed by atoms with Gasteiger partial charge < -0.3 is 4.90 Å². The van der Waals surface area contributed by atoms with Crippen LogP contribution >= 0.6 is 0 Å². The number of aryl methyl sites for hydroxylation is 2. The lowest BCUT2D eigenvalue weighted by Gasteiger charge is -2.30. The number of amides is 1. The van der Waals surface area contributed by atoms with Crippen molar-refractivity contribution >= 4 is 17.4 Å². The molecule has 154 valence electrons. The lowest BCUT2D eigenvalue weighted by molar-refractivity contribution is 0.0981. The van der Waals surface area contributed by atoms with Crippen LogP contribution in [0.2, 0.25) is 0 Å². The second-order valence-electron chi connectivity index (χ2n) is 8.04. The van der Waals surface area contributed by atoms with Gasteiger partial charge in [0, 0.05) is 48.6 Å². The van der Waals surface area contributed by atoms with Gasteiger partial charge in [-0.05, 0) is 56.5 Å². The molecule has 0 atom stereocenters. The maximum absolute atomic E-state index is 13.4. The molecule has 1 fully saturated rings. The third-order valence-corrected chi connectivity index (χ3v) is 6.06. The van der Waals surface area contributed by atoms with Crippen molar-refractivity contribution in [1.29, 1.82) is 0 Å². The number of benzene rings is 2. The molecule has 5 nitrogen and oxygen atoms in total. The summed E-state index contributed by atoms with van der Waals surface area (Å²) in [5.41, 5.74) is 4.76. The number of aromatic nitrogens is 2. The molecular formula is C24H25FN4O. The highest BCUT2D eigenvalue weighted by molar-refractivity contribution is 6.08. The Morgan fingerprint density at radius 1 is 0.933 bits per heavy atom. The Morgan fingerprint density at radius 3 is 2.43 bits per heavy atom. The molecule has 6 heteroatoms. The first kappa shape index (κ1) is 18.9. The van der Waals surface area contributed by atoms with E-state index in [0.29, 0.717) is 12.1 Å². The van der Waals surface area contributed by atoms with Crippen LogP contribution in [0, 0.1) is 12.7 Å². The summed E-state index contributed by atoms with van der Waals surface area (Å²) >= 11 is 0. The lowest BCUT2D eigenvalue weighted by Crippen LogP contribution is -2.38. The summed E-state index contributed by atoms with van der Waals surface area (Å²) in [7, 11) is 0. The van der Waals surface area contributed by atoms with Gasteiger partial charge in [0.15, 0.2) is 0 Å². The first-order valence-corrected chi connectivity index (χ1v) is 10.6. The standard InChI is InChI=1S/C24H25FN4O/c1-17-22(20-7-2-3-8-21(20)27-13-4-5-14-27)23-28(15-6-16-29(23)26-17)24(30)18-9-11-19(25)12-10-18/h2-3,7-12H,4-6,13-16H2,1H3. The minimum atomic E-state index is -0.341. The molecule has 5 rings (SSSR count). The molecule has 1 amide bonds. The molecule has 0 N–H and O–H groups in total. The van der Waals surface area contributed by atoms with Crippen LogP contribution in [-0.4, -0.2) is 35.3 Å². The molecule has 0 spiro atoms. The fraction of sp³-hybridized carbons (Fsp3) is 0.333. The summed E-state index contributed by atoms with van der Waals surface area (Å²) < 4.78 is 15.3. The van der Waals surface area contributed by atoms with E-state index in [1.54, 1.807) is 12.1 Å². The number of rotatable bonds is 3. The van der Waals surface area contributed by atoms with Crippen LogP contribution in [0.1, 0.15) is 35.3 Å². The molecule has 0 unspecified atom stereocenters. The second kappa shape index (κ2) is 7.59. The van der Waals surface area contributed by atoms with Crippen molar-refractivity contribution < 1.29 is 9.18 Å². The predicted octanol–water partition coefficient (Wildman–Crippen LogP) is 4.65. The van der Waals surface area contributed by atoms with Crippen molar-refractivity contribution in [1.82, 2.24) is 9.78 Å². The van der Waals surface area contributed by atoms with Gasteiger partial charge in [0.2, 0.25) is 0 Å². The summed E-state index contributed by atoms with van der Waals surface area (Å²) in [6.07, 6.45) is 3.25. The summed E-state index contributed by atoms with van der Waals surface area (Å²) in [4.78, 5) is 17.6. The Morgan fingerprint density at radius 2 is 1.67 bits per heavy atom.